The van der Waals surface area contributed by atoms with Gasteiger partial charge in [-0.1, -0.05) is 39.5 Å². The van der Waals surface area contributed by atoms with Crippen molar-refractivity contribution in [2.45, 2.75) is 65.2 Å². The molecule has 0 spiro atoms. The molecule has 0 aromatic carbocycles. The summed E-state index contributed by atoms with van der Waals surface area (Å²) in [6, 6.07) is 0. The molecule has 118 valence electrons. The molecule has 4 heteroatoms. The minimum Gasteiger partial charge on any atom is -0.344 e. The Labute approximate surface area is 124 Å². The van der Waals surface area contributed by atoms with Gasteiger partial charge in [0.2, 0.25) is 11.8 Å². The maximum Gasteiger partial charge on any atom is 0.222 e. The number of carbonyl (C=O) groups excluding carboxylic acids is 2. The van der Waals surface area contributed by atoms with E-state index in [1.54, 1.807) is 9.80 Å². The second-order valence-electron chi connectivity index (χ2n) is 5.54. The first-order valence-corrected chi connectivity index (χ1v) is 8.00. The maximum absolute atomic E-state index is 11.8. The van der Waals surface area contributed by atoms with Crippen molar-refractivity contribution in [1.29, 1.82) is 0 Å². The van der Waals surface area contributed by atoms with Gasteiger partial charge in [0.25, 0.3) is 0 Å². The molecular weight excluding hydrogens is 252 g/mol. The fourth-order valence-corrected chi connectivity index (χ4v) is 1.98. The van der Waals surface area contributed by atoms with Crippen molar-refractivity contribution < 1.29 is 9.59 Å². The van der Waals surface area contributed by atoms with Crippen molar-refractivity contribution in [3.05, 3.63) is 0 Å². The first-order chi connectivity index (χ1) is 9.52. The van der Waals surface area contributed by atoms with Gasteiger partial charge >= 0.3 is 0 Å². The number of likely N-dealkylation sites (N-methyl/N-ethyl adjacent to an activating group) is 2. The van der Waals surface area contributed by atoms with Gasteiger partial charge in [-0.3, -0.25) is 9.59 Å². The molecule has 0 N–H and O–H groups in total. The third-order valence-corrected chi connectivity index (χ3v) is 3.61. The molecule has 0 unspecified atom stereocenters. The summed E-state index contributed by atoms with van der Waals surface area (Å²) < 4.78 is 0. The summed E-state index contributed by atoms with van der Waals surface area (Å²) in [6.07, 6.45) is 7.65. The lowest BCUT2D eigenvalue weighted by atomic mass is 10.2. The van der Waals surface area contributed by atoms with Crippen molar-refractivity contribution >= 4 is 11.8 Å². The van der Waals surface area contributed by atoms with Gasteiger partial charge in [0, 0.05) is 40.0 Å². The van der Waals surface area contributed by atoms with Gasteiger partial charge in [-0.15, -0.1) is 0 Å². The van der Waals surface area contributed by atoms with E-state index in [1.807, 2.05) is 14.1 Å². The van der Waals surface area contributed by atoms with Crippen LogP contribution in [0.1, 0.15) is 65.2 Å². The molecule has 0 aromatic heterocycles. The van der Waals surface area contributed by atoms with Gasteiger partial charge in [-0.2, -0.15) is 0 Å². The number of hydrogen-bond donors (Lipinski definition) is 0. The number of amides is 2. The Hall–Kier alpha value is -1.06. The fraction of sp³-hybridized carbons (Fsp3) is 0.875. The van der Waals surface area contributed by atoms with Crippen LogP contribution in [0.2, 0.25) is 0 Å². The van der Waals surface area contributed by atoms with E-state index in [4.69, 9.17) is 0 Å². The highest BCUT2D eigenvalue weighted by molar-refractivity contribution is 5.77. The fourth-order valence-electron chi connectivity index (χ4n) is 1.98. The maximum atomic E-state index is 11.8. The van der Waals surface area contributed by atoms with Crippen molar-refractivity contribution in [2.75, 3.05) is 27.2 Å². The molecule has 4 nitrogen and oxygen atoms in total. The summed E-state index contributed by atoms with van der Waals surface area (Å²) in [5.41, 5.74) is 0. The normalized spacial score (nSPS) is 10.4. The monoisotopic (exact) mass is 284 g/mol. The van der Waals surface area contributed by atoms with E-state index in [0.29, 0.717) is 25.9 Å². The SMILES string of the molecule is CCCCCC(=O)N(C)CCN(C)C(=O)CCCCC. The van der Waals surface area contributed by atoms with E-state index < -0.39 is 0 Å². The van der Waals surface area contributed by atoms with Gasteiger partial charge in [0.15, 0.2) is 0 Å². The summed E-state index contributed by atoms with van der Waals surface area (Å²) in [7, 11) is 3.65. The van der Waals surface area contributed by atoms with Crippen LogP contribution in [0.5, 0.6) is 0 Å². The molecule has 2 amide bonds. The second-order valence-corrected chi connectivity index (χ2v) is 5.54. The van der Waals surface area contributed by atoms with Crippen LogP contribution < -0.4 is 0 Å². The lowest BCUT2D eigenvalue weighted by Crippen LogP contribution is -2.37. The molecule has 0 fully saturated rings. The van der Waals surface area contributed by atoms with E-state index in [0.717, 1.165) is 38.5 Å². The van der Waals surface area contributed by atoms with Gasteiger partial charge in [-0.05, 0) is 12.8 Å². The molecule has 0 saturated carbocycles. The van der Waals surface area contributed by atoms with E-state index in [1.165, 1.54) is 0 Å². The van der Waals surface area contributed by atoms with Gasteiger partial charge < -0.3 is 9.80 Å². The van der Waals surface area contributed by atoms with Crippen LogP contribution in [-0.2, 0) is 9.59 Å². The quantitative estimate of drug-likeness (QED) is 0.547. The van der Waals surface area contributed by atoms with Crippen LogP contribution >= 0.6 is 0 Å². The average molecular weight is 284 g/mol. The zero-order valence-corrected chi connectivity index (χ0v) is 13.8. The number of unbranched alkanes of at least 4 members (excludes halogenated alkanes) is 4. The van der Waals surface area contributed by atoms with Crippen molar-refractivity contribution in [2.24, 2.45) is 0 Å². The minimum absolute atomic E-state index is 0.185. The van der Waals surface area contributed by atoms with Gasteiger partial charge in [0.1, 0.15) is 0 Å². The Balaban J connectivity index is 3.83. The summed E-state index contributed by atoms with van der Waals surface area (Å²) in [4.78, 5) is 27.2. The molecular formula is C16H32N2O2. The Morgan fingerprint density at radius 1 is 0.700 bits per heavy atom. The zero-order chi connectivity index (χ0) is 15.4. The lowest BCUT2D eigenvalue weighted by molar-refractivity contribution is -0.133. The third kappa shape index (κ3) is 8.94. The summed E-state index contributed by atoms with van der Waals surface area (Å²) in [6.45, 7) is 5.52. The molecule has 0 aliphatic heterocycles. The molecule has 0 aliphatic rings. The highest BCUT2D eigenvalue weighted by Gasteiger charge is 2.12. The Morgan fingerprint density at radius 2 is 1.05 bits per heavy atom. The molecule has 0 aliphatic carbocycles. The van der Waals surface area contributed by atoms with E-state index in [-0.39, 0.29) is 11.8 Å². The molecule has 0 saturated heterocycles. The Bertz CT molecular complexity index is 252. The van der Waals surface area contributed by atoms with Crippen molar-refractivity contribution in [3.8, 4) is 0 Å². The van der Waals surface area contributed by atoms with Crippen molar-refractivity contribution in [1.82, 2.24) is 9.80 Å². The molecule has 20 heavy (non-hydrogen) atoms. The zero-order valence-electron chi connectivity index (χ0n) is 13.8. The summed E-state index contributed by atoms with van der Waals surface area (Å²) >= 11 is 0. The van der Waals surface area contributed by atoms with Crippen LogP contribution in [0.15, 0.2) is 0 Å². The largest absolute Gasteiger partial charge is 0.344 e. The van der Waals surface area contributed by atoms with E-state index in [2.05, 4.69) is 13.8 Å². The molecule has 0 heterocycles. The minimum atomic E-state index is 0.185. The first kappa shape index (κ1) is 18.9. The Morgan fingerprint density at radius 3 is 1.35 bits per heavy atom. The van der Waals surface area contributed by atoms with Crippen LogP contribution in [0, 0.1) is 0 Å². The number of rotatable bonds is 11. The topological polar surface area (TPSA) is 40.6 Å². The standard InChI is InChI=1S/C16H32N2O2/c1-5-7-9-11-15(19)17(3)13-14-18(4)16(20)12-10-8-6-2/h5-14H2,1-4H3. The number of hydrogen-bond acceptors (Lipinski definition) is 2. The highest BCUT2D eigenvalue weighted by Crippen LogP contribution is 2.04. The summed E-state index contributed by atoms with van der Waals surface area (Å²) in [5, 5.41) is 0. The predicted molar refractivity (Wildman–Crippen MR) is 83.6 cm³/mol. The second kappa shape index (κ2) is 11.7. The number of nitrogens with zero attached hydrogens (tertiary/aromatic N) is 2. The average Bonchev–Trinajstić information content (AvgIpc) is 2.44. The lowest BCUT2D eigenvalue weighted by Gasteiger charge is -2.22. The Kier molecular flexibility index (Phi) is 11.1. The van der Waals surface area contributed by atoms with Crippen molar-refractivity contribution in [3.63, 3.8) is 0 Å². The van der Waals surface area contributed by atoms with Gasteiger partial charge in [-0.25, -0.2) is 0 Å². The molecule has 0 rings (SSSR count). The van der Waals surface area contributed by atoms with Crippen LogP contribution in [0.3, 0.4) is 0 Å². The van der Waals surface area contributed by atoms with Crippen LogP contribution in [0.4, 0.5) is 0 Å². The smallest absolute Gasteiger partial charge is 0.222 e. The van der Waals surface area contributed by atoms with E-state index >= 15 is 0 Å². The van der Waals surface area contributed by atoms with Gasteiger partial charge in [0.05, 0.1) is 0 Å². The highest BCUT2D eigenvalue weighted by atomic mass is 16.2. The summed E-state index contributed by atoms with van der Waals surface area (Å²) in [5.74, 6) is 0.371. The molecule has 0 bridgehead atoms. The number of carbonyl (C=O) groups is 2. The predicted octanol–water partition coefficient (Wildman–Crippen LogP) is 3.06. The molecule has 0 aromatic rings. The first-order valence-electron chi connectivity index (χ1n) is 8.00. The van der Waals surface area contributed by atoms with Crippen LogP contribution in [-0.4, -0.2) is 48.8 Å². The van der Waals surface area contributed by atoms with Crippen LogP contribution in [0.25, 0.3) is 0 Å². The molecule has 0 radical (unpaired) electrons. The third-order valence-electron chi connectivity index (χ3n) is 3.61. The molecule has 0 atom stereocenters. The van der Waals surface area contributed by atoms with E-state index in [9.17, 15) is 9.59 Å².